The Labute approximate surface area is 148 Å². The van der Waals surface area contributed by atoms with Gasteiger partial charge in [-0.05, 0) is 48.2 Å². The topological polar surface area (TPSA) is 49.3 Å². The Bertz CT molecular complexity index is 744. The average molecular weight is 395 g/mol. The summed E-state index contributed by atoms with van der Waals surface area (Å²) in [6, 6.07) is 13.1. The first-order valence-corrected chi connectivity index (χ1v) is 8.66. The van der Waals surface area contributed by atoms with Gasteiger partial charge in [0.05, 0.1) is 5.56 Å². The summed E-state index contributed by atoms with van der Waals surface area (Å²) in [5, 5.41) is 13.3. The molecule has 1 aliphatic carbocycles. The summed E-state index contributed by atoms with van der Waals surface area (Å²) in [5.74, 6) is -0.896. The van der Waals surface area contributed by atoms with E-state index >= 15 is 0 Å². The first-order chi connectivity index (χ1) is 11.0. The van der Waals surface area contributed by atoms with E-state index in [9.17, 15) is 4.79 Å². The minimum Gasteiger partial charge on any atom is -0.478 e. The fourth-order valence-corrected chi connectivity index (χ4v) is 3.75. The number of rotatable bonds is 6. The van der Waals surface area contributed by atoms with Gasteiger partial charge in [0.15, 0.2) is 0 Å². The number of carboxylic acids is 1. The molecule has 0 spiro atoms. The number of aromatic carboxylic acids is 1. The van der Waals surface area contributed by atoms with Crippen LogP contribution in [0.25, 0.3) is 0 Å². The van der Waals surface area contributed by atoms with Crippen LogP contribution in [-0.2, 0) is 12.0 Å². The van der Waals surface area contributed by atoms with Gasteiger partial charge >= 0.3 is 5.97 Å². The van der Waals surface area contributed by atoms with Crippen molar-refractivity contribution in [2.75, 3.05) is 6.54 Å². The molecule has 23 heavy (non-hydrogen) atoms. The molecule has 3 nitrogen and oxygen atoms in total. The predicted octanol–water partition coefficient (Wildman–Crippen LogP) is 4.62. The number of hydrogen-bond acceptors (Lipinski definition) is 2. The van der Waals surface area contributed by atoms with E-state index in [1.165, 1.54) is 5.56 Å². The number of halogens is 2. The van der Waals surface area contributed by atoms with Crippen molar-refractivity contribution in [3.05, 3.63) is 68.7 Å². The molecular weight excluding hydrogens is 378 g/mol. The van der Waals surface area contributed by atoms with Crippen molar-refractivity contribution in [2.45, 2.75) is 24.8 Å². The molecule has 2 N–H and O–H groups in total. The maximum absolute atomic E-state index is 11.0. The molecule has 3 rings (SSSR count). The summed E-state index contributed by atoms with van der Waals surface area (Å²) in [6.45, 7) is 1.49. The number of benzene rings is 2. The molecule has 2 aromatic carbocycles. The Kier molecular flexibility index (Phi) is 4.76. The van der Waals surface area contributed by atoms with E-state index in [0.29, 0.717) is 12.1 Å². The van der Waals surface area contributed by atoms with Crippen LogP contribution in [0.3, 0.4) is 0 Å². The minimum absolute atomic E-state index is 0.113. The van der Waals surface area contributed by atoms with Crippen LogP contribution in [-0.4, -0.2) is 17.6 Å². The van der Waals surface area contributed by atoms with E-state index in [1.807, 2.05) is 18.2 Å². The second kappa shape index (κ2) is 6.63. The molecule has 1 saturated carbocycles. The zero-order valence-corrected chi connectivity index (χ0v) is 14.8. The van der Waals surface area contributed by atoms with Crippen LogP contribution in [0, 0.1) is 0 Å². The van der Waals surface area contributed by atoms with Crippen LogP contribution in [0.2, 0.25) is 5.02 Å². The second-order valence-electron chi connectivity index (χ2n) is 6.01. The molecule has 0 unspecified atom stereocenters. The molecular formula is C18H17BrClNO2. The van der Waals surface area contributed by atoms with Gasteiger partial charge in [-0.3, -0.25) is 0 Å². The minimum atomic E-state index is -0.896. The van der Waals surface area contributed by atoms with Crippen LogP contribution < -0.4 is 5.32 Å². The van der Waals surface area contributed by atoms with E-state index in [1.54, 1.807) is 18.2 Å². The monoisotopic (exact) mass is 393 g/mol. The maximum atomic E-state index is 11.0. The van der Waals surface area contributed by atoms with Gasteiger partial charge in [-0.1, -0.05) is 45.7 Å². The van der Waals surface area contributed by atoms with Crippen molar-refractivity contribution in [1.29, 1.82) is 0 Å². The summed E-state index contributed by atoms with van der Waals surface area (Å²) in [7, 11) is 0. The zero-order chi connectivity index (χ0) is 16.4. The smallest absolute Gasteiger partial charge is 0.335 e. The number of hydrogen-bond donors (Lipinski definition) is 2. The molecule has 0 bridgehead atoms. The number of carboxylic acid groups (broad SMARTS) is 1. The molecule has 0 atom stereocenters. The molecule has 0 amide bonds. The highest BCUT2D eigenvalue weighted by Crippen LogP contribution is 2.50. The summed E-state index contributed by atoms with van der Waals surface area (Å²) in [6.07, 6.45) is 2.24. The summed E-state index contributed by atoms with van der Waals surface area (Å²) >= 11 is 9.82. The van der Waals surface area contributed by atoms with Crippen molar-refractivity contribution >= 4 is 33.5 Å². The van der Waals surface area contributed by atoms with Gasteiger partial charge in [0, 0.05) is 28.0 Å². The standard InChI is InChI=1S/C18H17BrClNO2/c19-14-4-5-15(16(20)9-14)18(6-7-18)11-21-10-12-2-1-3-13(8-12)17(22)23/h1-5,8-9,21H,6-7,10-11H2,(H,22,23). The van der Waals surface area contributed by atoms with Crippen LogP contribution in [0.4, 0.5) is 0 Å². The van der Waals surface area contributed by atoms with Crippen molar-refractivity contribution in [2.24, 2.45) is 0 Å². The Morgan fingerprint density at radius 2 is 2.04 bits per heavy atom. The maximum Gasteiger partial charge on any atom is 0.335 e. The SMILES string of the molecule is O=C(O)c1cccc(CNCC2(c3ccc(Br)cc3Cl)CC2)c1. The predicted molar refractivity (Wildman–Crippen MR) is 95.2 cm³/mol. The fourth-order valence-electron chi connectivity index (χ4n) is 2.87. The van der Waals surface area contributed by atoms with Crippen LogP contribution in [0.15, 0.2) is 46.9 Å². The zero-order valence-electron chi connectivity index (χ0n) is 12.5. The van der Waals surface area contributed by atoms with Gasteiger partial charge in [-0.25, -0.2) is 4.79 Å². The Morgan fingerprint density at radius 1 is 1.26 bits per heavy atom. The molecule has 5 heteroatoms. The fraction of sp³-hybridized carbons (Fsp3) is 0.278. The van der Waals surface area contributed by atoms with Crippen molar-refractivity contribution in [1.82, 2.24) is 5.32 Å². The van der Waals surface area contributed by atoms with E-state index in [0.717, 1.165) is 34.4 Å². The molecule has 0 heterocycles. The van der Waals surface area contributed by atoms with E-state index in [2.05, 4.69) is 27.3 Å². The lowest BCUT2D eigenvalue weighted by Crippen LogP contribution is -2.26. The van der Waals surface area contributed by atoms with Crippen LogP contribution in [0.1, 0.15) is 34.3 Å². The third kappa shape index (κ3) is 3.77. The Hall–Kier alpha value is -1.36. The summed E-state index contributed by atoms with van der Waals surface area (Å²) in [4.78, 5) is 11.0. The lowest BCUT2D eigenvalue weighted by atomic mass is 9.95. The molecule has 0 aliphatic heterocycles. The molecule has 120 valence electrons. The second-order valence-corrected chi connectivity index (χ2v) is 7.34. The molecule has 1 aliphatic rings. The first kappa shape index (κ1) is 16.5. The normalized spacial score (nSPS) is 15.4. The van der Waals surface area contributed by atoms with Gasteiger partial charge in [-0.2, -0.15) is 0 Å². The van der Waals surface area contributed by atoms with Crippen molar-refractivity contribution in [3.63, 3.8) is 0 Å². The number of nitrogens with one attached hydrogen (secondary N) is 1. The summed E-state index contributed by atoms with van der Waals surface area (Å²) in [5.41, 5.74) is 2.60. The quantitative estimate of drug-likeness (QED) is 0.751. The molecule has 2 aromatic rings. The van der Waals surface area contributed by atoms with Gasteiger partial charge < -0.3 is 10.4 Å². The molecule has 0 saturated heterocycles. The van der Waals surface area contributed by atoms with Gasteiger partial charge in [-0.15, -0.1) is 0 Å². The molecule has 0 aromatic heterocycles. The highest BCUT2D eigenvalue weighted by atomic mass is 79.9. The van der Waals surface area contributed by atoms with Crippen LogP contribution >= 0.6 is 27.5 Å². The van der Waals surface area contributed by atoms with E-state index in [4.69, 9.17) is 16.7 Å². The third-order valence-corrected chi connectivity index (χ3v) is 5.13. The lowest BCUT2D eigenvalue weighted by molar-refractivity contribution is 0.0696. The summed E-state index contributed by atoms with van der Waals surface area (Å²) < 4.78 is 0.987. The van der Waals surface area contributed by atoms with Gasteiger partial charge in [0.2, 0.25) is 0 Å². The van der Waals surface area contributed by atoms with Crippen molar-refractivity contribution in [3.8, 4) is 0 Å². The Morgan fingerprint density at radius 3 is 2.70 bits per heavy atom. The Balaban J connectivity index is 1.64. The largest absolute Gasteiger partial charge is 0.478 e. The van der Waals surface area contributed by atoms with E-state index < -0.39 is 5.97 Å². The number of carbonyl (C=O) groups is 1. The van der Waals surface area contributed by atoms with E-state index in [-0.39, 0.29) is 5.41 Å². The first-order valence-electron chi connectivity index (χ1n) is 7.49. The van der Waals surface area contributed by atoms with Crippen LogP contribution in [0.5, 0.6) is 0 Å². The molecule has 1 fully saturated rings. The van der Waals surface area contributed by atoms with Crippen molar-refractivity contribution < 1.29 is 9.90 Å². The van der Waals surface area contributed by atoms with Gasteiger partial charge in [0.25, 0.3) is 0 Å². The highest BCUT2D eigenvalue weighted by Gasteiger charge is 2.44. The molecule has 0 radical (unpaired) electrons. The third-order valence-electron chi connectivity index (χ3n) is 4.32. The highest BCUT2D eigenvalue weighted by molar-refractivity contribution is 9.10. The average Bonchev–Trinajstić information content (AvgIpc) is 3.28. The van der Waals surface area contributed by atoms with Gasteiger partial charge in [0.1, 0.15) is 0 Å². The lowest BCUT2D eigenvalue weighted by Gasteiger charge is -2.18.